The molecule has 2 aromatic carbocycles. The molecule has 0 radical (unpaired) electrons. The summed E-state index contributed by atoms with van der Waals surface area (Å²) in [7, 11) is 3.78. The lowest BCUT2D eigenvalue weighted by Gasteiger charge is -2.46. The Bertz CT molecular complexity index is 1520. The average Bonchev–Trinajstić information content (AvgIpc) is 3.09. The molecule has 2 aromatic rings. The van der Waals surface area contributed by atoms with Gasteiger partial charge in [-0.05, 0) is 62.0 Å². The van der Waals surface area contributed by atoms with Crippen molar-refractivity contribution in [3.05, 3.63) is 71.0 Å². The van der Waals surface area contributed by atoms with Crippen LogP contribution in [0.5, 0.6) is 0 Å². The second-order valence-corrected chi connectivity index (χ2v) is 11.9. The van der Waals surface area contributed by atoms with Crippen molar-refractivity contribution in [2.24, 2.45) is 10.9 Å². The predicted octanol–water partition coefficient (Wildman–Crippen LogP) is 4.25. The molecule has 5 rings (SSSR count). The van der Waals surface area contributed by atoms with E-state index in [4.69, 9.17) is 14.2 Å². The number of ether oxygens (including phenoxy) is 3. The van der Waals surface area contributed by atoms with Crippen molar-refractivity contribution in [1.29, 1.82) is 0 Å². The number of hydrogen-bond donors (Lipinski definition) is 0. The standard InChI is InChI=1S/C33H37F3N4O7/c1-45-19-25-26(29(41)46-2)28(20-17-23(34)27(36)24(35)18-20)40(31(43)37-25)32(44)39-13-9-22(10-14-39)38-15-11-33(12-16-38,30(42)47-3)21-7-5-4-6-8-21/h4-8,17-18,22,26,28H,9-16,19H2,1-3H3. The maximum atomic E-state index is 14.4. The van der Waals surface area contributed by atoms with Gasteiger partial charge in [-0.3, -0.25) is 9.59 Å². The highest BCUT2D eigenvalue weighted by molar-refractivity contribution is 6.12. The number of carbonyl (C=O) groups excluding carboxylic acids is 4. The monoisotopic (exact) mass is 658 g/mol. The number of benzene rings is 2. The number of likely N-dealkylation sites (tertiary alicyclic amines) is 2. The molecule has 11 nitrogen and oxygen atoms in total. The van der Waals surface area contributed by atoms with Crippen molar-refractivity contribution in [3.63, 3.8) is 0 Å². The third kappa shape index (κ3) is 6.48. The number of aliphatic imine (C=N–C) groups is 1. The molecule has 252 valence electrons. The number of imide groups is 1. The number of methoxy groups -OCH3 is 3. The van der Waals surface area contributed by atoms with Crippen LogP contribution in [-0.4, -0.2) is 105 Å². The fourth-order valence-electron chi connectivity index (χ4n) is 7.06. The van der Waals surface area contributed by atoms with Crippen molar-refractivity contribution >= 4 is 29.7 Å². The number of hydrogen-bond acceptors (Lipinski definition) is 8. The Labute approximate surface area is 270 Å². The number of esters is 2. The number of piperidine rings is 2. The second-order valence-electron chi connectivity index (χ2n) is 11.9. The molecule has 0 aromatic heterocycles. The van der Waals surface area contributed by atoms with E-state index in [1.54, 1.807) is 0 Å². The number of rotatable bonds is 7. The molecule has 3 aliphatic heterocycles. The van der Waals surface area contributed by atoms with Crippen molar-refractivity contribution in [2.45, 2.75) is 43.2 Å². The number of urea groups is 2. The Balaban J connectivity index is 1.35. The zero-order chi connectivity index (χ0) is 33.9. The van der Waals surface area contributed by atoms with Crippen LogP contribution < -0.4 is 0 Å². The minimum absolute atomic E-state index is 0.0905. The van der Waals surface area contributed by atoms with E-state index in [0.29, 0.717) is 55.8 Å². The zero-order valence-corrected chi connectivity index (χ0v) is 26.4. The van der Waals surface area contributed by atoms with Crippen molar-refractivity contribution in [3.8, 4) is 0 Å². The smallest absolute Gasteiger partial charge is 0.352 e. The highest BCUT2D eigenvalue weighted by Gasteiger charge is 2.49. The van der Waals surface area contributed by atoms with Gasteiger partial charge in [0.15, 0.2) is 17.5 Å². The average molecular weight is 659 g/mol. The summed E-state index contributed by atoms with van der Waals surface area (Å²) in [5.41, 5.74) is -0.261. The van der Waals surface area contributed by atoms with Crippen molar-refractivity contribution < 1.29 is 46.6 Å². The lowest BCUT2D eigenvalue weighted by atomic mass is 9.72. The van der Waals surface area contributed by atoms with E-state index in [1.807, 2.05) is 30.3 Å². The van der Waals surface area contributed by atoms with Crippen LogP contribution in [0.2, 0.25) is 0 Å². The summed E-state index contributed by atoms with van der Waals surface area (Å²) in [4.78, 5) is 61.7. The second kappa shape index (κ2) is 14.2. The highest BCUT2D eigenvalue weighted by atomic mass is 19.2. The molecule has 3 heterocycles. The molecule has 47 heavy (non-hydrogen) atoms. The molecule has 0 spiro atoms. The summed E-state index contributed by atoms with van der Waals surface area (Å²) in [6.07, 6.45) is 2.23. The van der Waals surface area contributed by atoms with Gasteiger partial charge < -0.3 is 24.0 Å². The van der Waals surface area contributed by atoms with Gasteiger partial charge in [0.25, 0.3) is 0 Å². The third-order valence-electron chi connectivity index (χ3n) is 9.50. The van der Waals surface area contributed by atoms with Crippen LogP contribution >= 0.6 is 0 Å². The van der Waals surface area contributed by atoms with Crippen LogP contribution in [0.25, 0.3) is 0 Å². The molecule has 2 saturated heterocycles. The number of nitrogens with zero attached hydrogens (tertiary/aromatic N) is 4. The van der Waals surface area contributed by atoms with Crippen molar-refractivity contribution in [1.82, 2.24) is 14.7 Å². The van der Waals surface area contributed by atoms with Gasteiger partial charge >= 0.3 is 24.0 Å². The van der Waals surface area contributed by atoms with E-state index in [-0.39, 0.29) is 43.0 Å². The summed E-state index contributed by atoms with van der Waals surface area (Å²) in [6, 6.07) is 7.50. The molecular formula is C33H37F3N4O7. The predicted molar refractivity (Wildman–Crippen MR) is 162 cm³/mol. The van der Waals surface area contributed by atoms with Gasteiger partial charge in [0.2, 0.25) is 0 Å². The molecule has 3 aliphatic rings. The first-order valence-corrected chi connectivity index (χ1v) is 15.3. The lowest BCUT2D eigenvalue weighted by Crippen LogP contribution is -2.57. The molecule has 2 unspecified atom stereocenters. The minimum atomic E-state index is -1.73. The number of halogens is 3. The van der Waals surface area contributed by atoms with Crippen LogP contribution in [-0.2, 0) is 29.2 Å². The van der Waals surface area contributed by atoms with Crippen molar-refractivity contribution in [2.75, 3.05) is 54.1 Å². The van der Waals surface area contributed by atoms with E-state index in [2.05, 4.69) is 9.89 Å². The SMILES string of the molecule is COCC1=NC(=O)N(C(=O)N2CCC(N3CCC(C(=O)OC)(c4ccccc4)CC3)CC2)C(c2cc(F)c(F)c(F)c2)C1C(=O)OC. The Morgan fingerprint density at radius 1 is 0.915 bits per heavy atom. The van der Waals surface area contributed by atoms with Gasteiger partial charge in [-0.15, -0.1) is 0 Å². The van der Waals surface area contributed by atoms with Crippen LogP contribution in [0, 0.1) is 23.4 Å². The molecule has 4 amide bonds. The van der Waals surface area contributed by atoms with E-state index in [1.165, 1.54) is 19.1 Å². The molecule has 2 fully saturated rings. The maximum Gasteiger partial charge on any atom is 0.352 e. The molecule has 0 N–H and O–H groups in total. The van der Waals surface area contributed by atoms with E-state index in [0.717, 1.165) is 12.7 Å². The van der Waals surface area contributed by atoms with E-state index in [9.17, 15) is 32.3 Å². The molecular weight excluding hydrogens is 621 g/mol. The van der Waals surface area contributed by atoms with Gasteiger partial charge in [0, 0.05) is 26.2 Å². The molecule has 0 saturated carbocycles. The summed E-state index contributed by atoms with van der Waals surface area (Å²) < 4.78 is 58.0. The fourth-order valence-corrected chi connectivity index (χ4v) is 7.06. The van der Waals surface area contributed by atoms with Gasteiger partial charge in [-0.25, -0.2) is 27.7 Å². The minimum Gasteiger partial charge on any atom is -0.468 e. The van der Waals surface area contributed by atoms with Gasteiger partial charge in [-0.2, -0.15) is 4.99 Å². The Kier molecular flexibility index (Phi) is 10.3. The largest absolute Gasteiger partial charge is 0.468 e. The quantitative estimate of drug-likeness (QED) is 0.320. The molecule has 2 atom stereocenters. The first-order valence-electron chi connectivity index (χ1n) is 15.3. The first kappa shape index (κ1) is 34.0. The Morgan fingerprint density at radius 2 is 1.53 bits per heavy atom. The fraction of sp³-hybridized carbons (Fsp3) is 0.485. The highest BCUT2D eigenvalue weighted by Crippen LogP contribution is 2.40. The molecule has 0 aliphatic carbocycles. The van der Waals surface area contributed by atoms with Crippen LogP contribution in [0.1, 0.15) is 42.9 Å². The van der Waals surface area contributed by atoms with E-state index >= 15 is 0 Å². The molecule has 14 heteroatoms. The normalized spacial score (nSPS) is 22.1. The Hall–Kier alpha value is -4.30. The van der Waals surface area contributed by atoms with Crippen LogP contribution in [0.3, 0.4) is 0 Å². The number of carbonyl (C=O) groups is 4. The topological polar surface area (TPSA) is 118 Å². The lowest BCUT2D eigenvalue weighted by molar-refractivity contribution is -0.150. The number of amides is 4. The first-order chi connectivity index (χ1) is 22.6. The molecule has 0 bridgehead atoms. The Morgan fingerprint density at radius 3 is 2.09 bits per heavy atom. The zero-order valence-electron chi connectivity index (χ0n) is 26.4. The third-order valence-corrected chi connectivity index (χ3v) is 9.50. The summed E-state index contributed by atoms with van der Waals surface area (Å²) >= 11 is 0. The van der Waals surface area contributed by atoms with Crippen LogP contribution in [0.15, 0.2) is 47.5 Å². The van der Waals surface area contributed by atoms with Gasteiger partial charge in [0.1, 0.15) is 5.92 Å². The maximum absolute atomic E-state index is 14.4. The summed E-state index contributed by atoms with van der Waals surface area (Å²) in [6.45, 7) is 1.44. The van der Waals surface area contributed by atoms with Crippen LogP contribution in [0.4, 0.5) is 22.8 Å². The van der Waals surface area contributed by atoms with Gasteiger partial charge in [0.05, 0.1) is 38.0 Å². The van der Waals surface area contributed by atoms with E-state index < -0.39 is 52.9 Å². The summed E-state index contributed by atoms with van der Waals surface area (Å²) in [5.74, 6) is -7.50. The van der Waals surface area contributed by atoms with Gasteiger partial charge in [-0.1, -0.05) is 30.3 Å². The summed E-state index contributed by atoms with van der Waals surface area (Å²) in [5, 5.41) is 0.